The SMILES string of the molecule is Cc1cccc(-c2ccc(C(=O)NNC(=O)CSc3ccc(Cl)cc3)c(=O)[nH]2)c1. The number of rotatable bonds is 5. The number of amides is 2. The molecule has 0 spiro atoms. The molecule has 1 aromatic heterocycles. The number of carbonyl (C=O) groups excluding carboxylic acids is 2. The minimum atomic E-state index is -0.688. The molecular weight excluding hydrogens is 410 g/mol. The van der Waals surface area contributed by atoms with Gasteiger partial charge < -0.3 is 4.98 Å². The van der Waals surface area contributed by atoms with Gasteiger partial charge in [-0.1, -0.05) is 35.4 Å². The van der Waals surface area contributed by atoms with Crippen molar-refractivity contribution in [1.29, 1.82) is 0 Å². The lowest BCUT2D eigenvalue weighted by molar-refractivity contribution is -0.119. The van der Waals surface area contributed by atoms with Crippen LogP contribution in [0.4, 0.5) is 0 Å². The largest absolute Gasteiger partial charge is 0.321 e. The number of hydrogen-bond acceptors (Lipinski definition) is 4. The summed E-state index contributed by atoms with van der Waals surface area (Å²) in [6.07, 6.45) is 0. The summed E-state index contributed by atoms with van der Waals surface area (Å²) >= 11 is 7.12. The predicted octanol–water partition coefficient (Wildman–Crippen LogP) is 3.56. The molecule has 3 rings (SSSR count). The fourth-order valence-corrected chi connectivity index (χ4v) is 3.37. The quantitative estimate of drug-likeness (QED) is 0.429. The molecule has 8 heteroatoms. The molecule has 2 amide bonds. The van der Waals surface area contributed by atoms with Crippen LogP contribution in [0.25, 0.3) is 11.3 Å². The first-order valence-electron chi connectivity index (χ1n) is 8.70. The number of hydrazine groups is 1. The third-order valence-electron chi connectivity index (χ3n) is 3.98. The lowest BCUT2D eigenvalue weighted by atomic mass is 10.1. The molecule has 3 aromatic rings. The van der Waals surface area contributed by atoms with Gasteiger partial charge in [-0.3, -0.25) is 25.2 Å². The molecule has 2 aromatic carbocycles. The molecule has 6 nitrogen and oxygen atoms in total. The first-order chi connectivity index (χ1) is 13.9. The fourth-order valence-electron chi connectivity index (χ4n) is 2.54. The monoisotopic (exact) mass is 427 g/mol. The van der Waals surface area contributed by atoms with Crippen molar-refractivity contribution in [2.24, 2.45) is 0 Å². The number of carbonyl (C=O) groups is 2. The Morgan fingerprint density at radius 1 is 1.03 bits per heavy atom. The topological polar surface area (TPSA) is 91.1 Å². The first kappa shape index (κ1) is 20.7. The second-order valence-electron chi connectivity index (χ2n) is 6.23. The minimum absolute atomic E-state index is 0.0907. The lowest BCUT2D eigenvalue weighted by Crippen LogP contribution is -2.44. The van der Waals surface area contributed by atoms with Crippen LogP contribution in [0.15, 0.2) is 70.4 Å². The van der Waals surface area contributed by atoms with Crippen LogP contribution in [0.2, 0.25) is 5.02 Å². The molecule has 0 atom stereocenters. The standard InChI is InChI=1S/C21H18ClN3O3S/c1-13-3-2-4-14(11-13)18-10-9-17(20(27)23-18)21(28)25-24-19(26)12-29-16-7-5-15(22)6-8-16/h2-11H,12H2,1H3,(H,23,27)(H,24,26)(H,25,28). The molecule has 0 fully saturated rings. The van der Waals surface area contributed by atoms with E-state index < -0.39 is 17.4 Å². The van der Waals surface area contributed by atoms with Gasteiger partial charge in [-0.25, -0.2) is 0 Å². The Morgan fingerprint density at radius 3 is 2.48 bits per heavy atom. The number of benzene rings is 2. The van der Waals surface area contributed by atoms with Crippen molar-refractivity contribution in [3.05, 3.63) is 87.2 Å². The molecule has 0 saturated heterocycles. The van der Waals surface area contributed by atoms with E-state index in [1.807, 2.05) is 31.2 Å². The molecule has 0 saturated carbocycles. The highest BCUT2D eigenvalue weighted by Crippen LogP contribution is 2.20. The molecule has 0 unspecified atom stereocenters. The van der Waals surface area contributed by atoms with Crippen molar-refractivity contribution in [2.45, 2.75) is 11.8 Å². The van der Waals surface area contributed by atoms with Crippen LogP contribution in [0.1, 0.15) is 15.9 Å². The van der Waals surface area contributed by atoms with Crippen LogP contribution in [0, 0.1) is 6.92 Å². The summed E-state index contributed by atoms with van der Waals surface area (Å²) in [7, 11) is 0. The van der Waals surface area contributed by atoms with Gasteiger partial charge >= 0.3 is 0 Å². The van der Waals surface area contributed by atoms with Crippen molar-refractivity contribution in [1.82, 2.24) is 15.8 Å². The van der Waals surface area contributed by atoms with E-state index in [9.17, 15) is 14.4 Å². The zero-order chi connectivity index (χ0) is 20.8. The summed E-state index contributed by atoms with van der Waals surface area (Å²) in [4.78, 5) is 40.0. The number of thioether (sulfide) groups is 1. The zero-order valence-corrected chi connectivity index (χ0v) is 17.1. The number of aryl methyl sites for hydroxylation is 1. The van der Waals surface area contributed by atoms with E-state index in [4.69, 9.17) is 11.6 Å². The summed E-state index contributed by atoms with van der Waals surface area (Å²) < 4.78 is 0. The van der Waals surface area contributed by atoms with Gasteiger partial charge in [0.25, 0.3) is 11.5 Å². The Morgan fingerprint density at radius 2 is 1.79 bits per heavy atom. The van der Waals surface area contributed by atoms with Crippen LogP contribution in [0.5, 0.6) is 0 Å². The van der Waals surface area contributed by atoms with Gasteiger partial charge in [0, 0.05) is 15.6 Å². The van der Waals surface area contributed by atoms with Crippen molar-refractivity contribution in [2.75, 3.05) is 5.75 Å². The highest BCUT2D eigenvalue weighted by Gasteiger charge is 2.13. The number of nitrogens with one attached hydrogen (secondary N) is 3. The molecule has 148 valence electrons. The van der Waals surface area contributed by atoms with Gasteiger partial charge in [0.05, 0.1) is 5.75 Å². The second kappa shape index (κ2) is 9.45. The summed E-state index contributed by atoms with van der Waals surface area (Å²) in [6.45, 7) is 1.96. The van der Waals surface area contributed by atoms with Crippen LogP contribution in [-0.2, 0) is 4.79 Å². The van der Waals surface area contributed by atoms with Gasteiger partial charge in [0.15, 0.2) is 0 Å². The predicted molar refractivity (Wildman–Crippen MR) is 115 cm³/mol. The van der Waals surface area contributed by atoms with Gasteiger partial charge in [0.2, 0.25) is 5.91 Å². The maximum atomic E-state index is 12.3. The molecule has 0 aliphatic carbocycles. The average Bonchev–Trinajstić information content (AvgIpc) is 2.71. The van der Waals surface area contributed by atoms with E-state index in [0.717, 1.165) is 16.0 Å². The highest BCUT2D eigenvalue weighted by atomic mass is 35.5. The zero-order valence-electron chi connectivity index (χ0n) is 15.5. The summed E-state index contributed by atoms with van der Waals surface area (Å²) in [5.41, 5.74) is 6.46. The van der Waals surface area contributed by atoms with Gasteiger partial charge in [-0.15, -0.1) is 11.8 Å². The Kier molecular flexibility index (Phi) is 6.74. The molecule has 0 bridgehead atoms. The van der Waals surface area contributed by atoms with Crippen LogP contribution in [-0.4, -0.2) is 22.6 Å². The normalized spacial score (nSPS) is 10.4. The molecule has 0 radical (unpaired) electrons. The van der Waals surface area contributed by atoms with Crippen LogP contribution < -0.4 is 16.4 Å². The van der Waals surface area contributed by atoms with E-state index in [1.165, 1.54) is 17.8 Å². The third kappa shape index (κ3) is 5.73. The average molecular weight is 428 g/mol. The van der Waals surface area contributed by atoms with Gasteiger partial charge in [0.1, 0.15) is 5.56 Å². The van der Waals surface area contributed by atoms with E-state index >= 15 is 0 Å². The minimum Gasteiger partial charge on any atom is -0.321 e. The van der Waals surface area contributed by atoms with E-state index in [0.29, 0.717) is 10.7 Å². The highest BCUT2D eigenvalue weighted by molar-refractivity contribution is 8.00. The lowest BCUT2D eigenvalue weighted by Gasteiger charge is -2.08. The number of hydrogen-bond donors (Lipinski definition) is 3. The molecule has 3 N–H and O–H groups in total. The van der Waals surface area contributed by atoms with E-state index in [-0.39, 0.29) is 11.3 Å². The van der Waals surface area contributed by atoms with Crippen LogP contribution in [0.3, 0.4) is 0 Å². The Bertz CT molecular complexity index is 1100. The summed E-state index contributed by atoms with van der Waals surface area (Å²) in [6, 6.07) is 17.8. The second-order valence-corrected chi connectivity index (χ2v) is 7.71. The summed E-state index contributed by atoms with van der Waals surface area (Å²) in [5.74, 6) is -0.983. The van der Waals surface area contributed by atoms with Crippen molar-refractivity contribution >= 4 is 35.2 Å². The smallest absolute Gasteiger partial charge is 0.275 e. The van der Waals surface area contributed by atoms with E-state index in [1.54, 1.807) is 30.3 Å². The molecule has 0 aliphatic heterocycles. The number of H-pyrrole nitrogens is 1. The van der Waals surface area contributed by atoms with Crippen molar-refractivity contribution < 1.29 is 9.59 Å². The number of aromatic amines is 1. The molecule has 0 aliphatic rings. The Hall–Kier alpha value is -3.03. The Labute approximate surface area is 176 Å². The van der Waals surface area contributed by atoms with Crippen molar-refractivity contribution in [3.63, 3.8) is 0 Å². The van der Waals surface area contributed by atoms with E-state index in [2.05, 4.69) is 15.8 Å². The maximum Gasteiger partial charge on any atom is 0.275 e. The Balaban J connectivity index is 1.57. The maximum absolute atomic E-state index is 12.3. The summed E-state index contributed by atoms with van der Waals surface area (Å²) in [5, 5.41) is 0.615. The number of aromatic nitrogens is 1. The molecule has 1 heterocycles. The molecular formula is C21H18ClN3O3S. The first-order valence-corrected chi connectivity index (χ1v) is 10.1. The van der Waals surface area contributed by atoms with Crippen LogP contribution >= 0.6 is 23.4 Å². The van der Waals surface area contributed by atoms with Gasteiger partial charge in [-0.05, 0) is 55.0 Å². The fraction of sp³-hybridized carbons (Fsp3) is 0.0952. The number of halogens is 1. The number of pyridine rings is 1. The molecule has 29 heavy (non-hydrogen) atoms. The van der Waals surface area contributed by atoms with Gasteiger partial charge in [-0.2, -0.15) is 0 Å². The third-order valence-corrected chi connectivity index (χ3v) is 5.25. The van der Waals surface area contributed by atoms with Crippen molar-refractivity contribution in [3.8, 4) is 11.3 Å².